The van der Waals surface area contributed by atoms with Crippen molar-refractivity contribution in [2.75, 3.05) is 13.1 Å². The number of aromatic amines is 1. The van der Waals surface area contributed by atoms with Gasteiger partial charge in [0.2, 0.25) is 11.8 Å². The third kappa shape index (κ3) is 4.68. The minimum atomic E-state index is -0.823. The summed E-state index contributed by atoms with van der Waals surface area (Å²) in [5, 5.41) is 12.5. The second-order valence-corrected chi connectivity index (χ2v) is 7.33. The number of carbonyl (C=O) groups is 3. The zero-order valence-electron chi connectivity index (χ0n) is 15.7. The first kappa shape index (κ1) is 19.9. The predicted molar refractivity (Wildman–Crippen MR) is 101 cm³/mol. The molecular weight excluding hydrogens is 365 g/mol. The molecule has 28 heavy (non-hydrogen) atoms. The molecule has 8 heteroatoms. The Bertz CT molecular complexity index is 887. The highest BCUT2D eigenvalue weighted by molar-refractivity contribution is 5.89. The SMILES string of the molecule is CC(=O)NC(Cc1c[nH]c2cc(F)ccc12)C(=O)N1CCC(CC(=O)O)CC1. The van der Waals surface area contributed by atoms with Gasteiger partial charge < -0.3 is 20.3 Å². The summed E-state index contributed by atoms with van der Waals surface area (Å²) in [7, 11) is 0. The number of H-pyrrole nitrogens is 1. The summed E-state index contributed by atoms with van der Waals surface area (Å²) in [4.78, 5) is 40.2. The van der Waals surface area contributed by atoms with Gasteiger partial charge in [-0.15, -0.1) is 0 Å². The number of hydrogen-bond donors (Lipinski definition) is 3. The maximum absolute atomic E-state index is 13.4. The van der Waals surface area contributed by atoms with E-state index < -0.39 is 12.0 Å². The summed E-state index contributed by atoms with van der Waals surface area (Å²) >= 11 is 0. The van der Waals surface area contributed by atoms with Crippen LogP contribution in [-0.2, 0) is 20.8 Å². The third-order valence-corrected chi connectivity index (χ3v) is 5.22. The Morgan fingerprint density at radius 2 is 2.04 bits per heavy atom. The van der Waals surface area contributed by atoms with E-state index in [1.807, 2.05) is 0 Å². The normalized spacial score (nSPS) is 16.1. The molecule has 150 valence electrons. The summed E-state index contributed by atoms with van der Waals surface area (Å²) in [6, 6.07) is 3.68. The molecule has 0 aliphatic carbocycles. The lowest BCUT2D eigenvalue weighted by Crippen LogP contribution is -2.51. The van der Waals surface area contributed by atoms with Crippen molar-refractivity contribution in [1.29, 1.82) is 0 Å². The molecule has 1 aromatic heterocycles. The Balaban J connectivity index is 1.72. The molecule has 3 N–H and O–H groups in total. The second-order valence-electron chi connectivity index (χ2n) is 7.33. The highest BCUT2D eigenvalue weighted by Gasteiger charge is 2.30. The molecule has 1 atom stereocenters. The van der Waals surface area contributed by atoms with Gasteiger partial charge >= 0.3 is 5.97 Å². The van der Waals surface area contributed by atoms with Gasteiger partial charge in [-0.1, -0.05) is 0 Å². The molecule has 2 amide bonds. The third-order valence-electron chi connectivity index (χ3n) is 5.22. The molecule has 0 saturated carbocycles. The number of rotatable bonds is 6. The van der Waals surface area contributed by atoms with Crippen LogP contribution in [0.1, 0.15) is 31.7 Å². The zero-order valence-corrected chi connectivity index (χ0v) is 15.7. The van der Waals surface area contributed by atoms with E-state index >= 15 is 0 Å². The maximum atomic E-state index is 13.4. The number of fused-ring (bicyclic) bond motifs is 1. The molecule has 0 bridgehead atoms. The molecule has 7 nitrogen and oxygen atoms in total. The van der Waals surface area contributed by atoms with E-state index in [4.69, 9.17) is 5.11 Å². The van der Waals surface area contributed by atoms with E-state index in [9.17, 15) is 18.8 Å². The largest absolute Gasteiger partial charge is 0.481 e. The van der Waals surface area contributed by atoms with Crippen LogP contribution in [0.4, 0.5) is 4.39 Å². The topological polar surface area (TPSA) is 103 Å². The van der Waals surface area contributed by atoms with Crippen molar-refractivity contribution in [2.45, 2.75) is 38.6 Å². The number of carboxylic acids is 1. The number of hydrogen-bond acceptors (Lipinski definition) is 3. The van der Waals surface area contributed by atoms with E-state index in [1.54, 1.807) is 17.2 Å². The number of amides is 2. The maximum Gasteiger partial charge on any atom is 0.303 e. The molecule has 1 aliphatic heterocycles. The molecule has 2 heterocycles. The summed E-state index contributed by atoms with van der Waals surface area (Å²) in [5.41, 5.74) is 1.46. The number of halogens is 1. The minimum Gasteiger partial charge on any atom is -0.481 e. The fourth-order valence-electron chi connectivity index (χ4n) is 3.82. The van der Waals surface area contributed by atoms with E-state index in [0.717, 1.165) is 10.9 Å². The van der Waals surface area contributed by atoms with Gasteiger partial charge in [-0.2, -0.15) is 0 Å². The van der Waals surface area contributed by atoms with Gasteiger partial charge in [0.05, 0.1) is 0 Å². The smallest absolute Gasteiger partial charge is 0.303 e. The molecular formula is C20H24FN3O4. The number of nitrogens with zero attached hydrogens (tertiary/aromatic N) is 1. The van der Waals surface area contributed by atoms with Crippen molar-refractivity contribution < 1.29 is 23.9 Å². The van der Waals surface area contributed by atoms with Crippen molar-refractivity contribution in [3.05, 3.63) is 35.8 Å². The number of aromatic nitrogens is 1. The van der Waals surface area contributed by atoms with Gasteiger partial charge in [0.1, 0.15) is 11.9 Å². The van der Waals surface area contributed by atoms with Gasteiger partial charge in [-0.05, 0) is 42.5 Å². The first-order valence-corrected chi connectivity index (χ1v) is 9.36. The highest BCUT2D eigenvalue weighted by atomic mass is 19.1. The average molecular weight is 389 g/mol. The van der Waals surface area contributed by atoms with Crippen molar-refractivity contribution in [3.8, 4) is 0 Å². The Hall–Kier alpha value is -2.90. The monoisotopic (exact) mass is 389 g/mol. The highest BCUT2D eigenvalue weighted by Crippen LogP contribution is 2.23. The molecule has 0 spiro atoms. The van der Waals surface area contributed by atoms with Crippen molar-refractivity contribution in [2.24, 2.45) is 5.92 Å². The Morgan fingerprint density at radius 1 is 1.32 bits per heavy atom. The number of benzene rings is 1. The summed E-state index contributed by atoms with van der Waals surface area (Å²) in [5.74, 6) is -1.58. The predicted octanol–water partition coefficient (Wildman–Crippen LogP) is 2.07. The van der Waals surface area contributed by atoms with E-state index in [0.29, 0.717) is 37.9 Å². The first-order chi connectivity index (χ1) is 13.3. The lowest BCUT2D eigenvalue weighted by atomic mass is 9.93. The quantitative estimate of drug-likeness (QED) is 0.704. The van der Waals surface area contributed by atoms with Gasteiger partial charge in [0, 0.05) is 50.0 Å². The van der Waals surface area contributed by atoms with Crippen LogP contribution >= 0.6 is 0 Å². The minimum absolute atomic E-state index is 0.0734. The van der Waals surface area contributed by atoms with Crippen LogP contribution in [0.5, 0.6) is 0 Å². The van der Waals surface area contributed by atoms with Gasteiger partial charge in [-0.25, -0.2) is 4.39 Å². The number of nitrogens with one attached hydrogen (secondary N) is 2. The van der Waals surface area contributed by atoms with Crippen LogP contribution in [0.25, 0.3) is 10.9 Å². The molecule has 1 aliphatic rings. The van der Waals surface area contributed by atoms with Crippen LogP contribution in [-0.4, -0.2) is 51.9 Å². The lowest BCUT2D eigenvalue weighted by Gasteiger charge is -2.34. The van der Waals surface area contributed by atoms with Crippen molar-refractivity contribution in [1.82, 2.24) is 15.2 Å². The van der Waals surface area contributed by atoms with Crippen LogP contribution in [0.15, 0.2) is 24.4 Å². The van der Waals surface area contributed by atoms with Crippen LogP contribution < -0.4 is 5.32 Å². The van der Waals surface area contributed by atoms with Gasteiger partial charge in [0.25, 0.3) is 0 Å². The average Bonchev–Trinajstić information content (AvgIpc) is 3.02. The van der Waals surface area contributed by atoms with Crippen molar-refractivity contribution >= 4 is 28.7 Å². The first-order valence-electron chi connectivity index (χ1n) is 9.36. The summed E-state index contributed by atoms with van der Waals surface area (Å²) in [6.07, 6.45) is 3.40. The molecule has 2 aromatic rings. The summed E-state index contributed by atoms with van der Waals surface area (Å²) < 4.78 is 13.4. The van der Waals surface area contributed by atoms with Crippen molar-refractivity contribution in [3.63, 3.8) is 0 Å². The standard InChI is InChI=1S/C20H24FN3O4/c1-12(25)23-18(9-14-11-22-17-10-15(21)2-3-16(14)17)20(28)24-6-4-13(5-7-24)8-19(26)27/h2-3,10-11,13,18,22H,4-9H2,1H3,(H,23,25)(H,26,27). The van der Waals surface area contributed by atoms with E-state index in [1.165, 1.54) is 19.1 Å². The molecule has 0 radical (unpaired) electrons. The molecule has 1 fully saturated rings. The molecule has 1 unspecified atom stereocenters. The van der Waals surface area contributed by atoms with E-state index in [-0.39, 0.29) is 30.0 Å². The Morgan fingerprint density at radius 3 is 2.68 bits per heavy atom. The summed E-state index contributed by atoms with van der Waals surface area (Å²) in [6.45, 7) is 2.32. The van der Waals surface area contributed by atoms with E-state index in [2.05, 4.69) is 10.3 Å². The van der Waals surface area contributed by atoms with Gasteiger partial charge in [0.15, 0.2) is 0 Å². The molecule has 3 rings (SSSR count). The zero-order chi connectivity index (χ0) is 20.3. The number of carbonyl (C=O) groups excluding carboxylic acids is 2. The fourth-order valence-corrected chi connectivity index (χ4v) is 3.82. The lowest BCUT2D eigenvalue weighted by molar-refractivity contribution is -0.139. The molecule has 1 saturated heterocycles. The fraction of sp³-hybridized carbons (Fsp3) is 0.450. The Kier molecular flexibility index (Phi) is 5.96. The Labute approximate surface area is 161 Å². The molecule has 1 aromatic carbocycles. The number of aliphatic carboxylic acids is 1. The number of carboxylic acid groups (broad SMARTS) is 1. The number of piperidine rings is 1. The second kappa shape index (κ2) is 8.41. The van der Waals surface area contributed by atoms with Crippen LogP contribution in [0, 0.1) is 11.7 Å². The van der Waals surface area contributed by atoms with Crippen LogP contribution in [0.2, 0.25) is 0 Å². The van der Waals surface area contributed by atoms with Crippen LogP contribution in [0.3, 0.4) is 0 Å². The van der Waals surface area contributed by atoms with Gasteiger partial charge in [-0.3, -0.25) is 14.4 Å². The number of likely N-dealkylation sites (tertiary alicyclic amines) is 1.